The predicted molar refractivity (Wildman–Crippen MR) is 155 cm³/mol. The minimum Gasteiger partial charge on any atom is -0.478 e. The van der Waals surface area contributed by atoms with Crippen molar-refractivity contribution in [2.24, 2.45) is 10.9 Å². The summed E-state index contributed by atoms with van der Waals surface area (Å²) in [5, 5.41) is 13.0. The van der Waals surface area contributed by atoms with Gasteiger partial charge in [0.05, 0.1) is 16.5 Å². The summed E-state index contributed by atoms with van der Waals surface area (Å²) in [6, 6.07) is 8.98. The van der Waals surface area contributed by atoms with E-state index in [1.54, 1.807) is 12.1 Å². The lowest BCUT2D eigenvalue weighted by atomic mass is 9.73. The normalized spacial score (nSPS) is 20.2. The monoisotopic (exact) mass is 536 g/mol. The van der Waals surface area contributed by atoms with E-state index in [1.807, 2.05) is 39.8 Å². The maximum Gasteiger partial charge on any atom is 0.336 e. The van der Waals surface area contributed by atoms with Gasteiger partial charge >= 0.3 is 5.97 Å². The van der Waals surface area contributed by atoms with Crippen LogP contribution in [0, 0.1) is 12.8 Å². The van der Waals surface area contributed by atoms with Crippen LogP contribution in [0.15, 0.2) is 58.8 Å². The lowest BCUT2D eigenvalue weighted by Crippen LogP contribution is -2.29. The molecule has 1 aliphatic carbocycles. The molecular formula is C29H32N2O4S2. The maximum atomic E-state index is 12.8. The van der Waals surface area contributed by atoms with Gasteiger partial charge in [0.15, 0.2) is 5.78 Å². The molecule has 0 amide bonds. The number of aryl methyl sites for hydroxylation is 1. The van der Waals surface area contributed by atoms with Crippen LogP contribution in [0.5, 0.6) is 5.75 Å². The van der Waals surface area contributed by atoms with E-state index >= 15 is 0 Å². The minimum absolute atomic E-state index is 0.0928. The van der Waals surface area contributed by atoms with E-state index in [-0.39, 0.29) is 28.9 Å². The minimum atomic E-state index is -1.09. The van der Waals surface area contributed by atoms with Crippen molar-refractivity contribution in [3.8, 4) is 5.75 Å². The molecule has 37 heavy (non-hydrogen) atoms. The highest BCUT2D eigenvalue weighted by Crippen LogP contribution is 2.50. The Morgan fingerprint density at radius 2 is 1.92 bits per heavy atom. The zero-order valence-corrected chi connectivity index (χ0v) is 23.2. The highest BCUT2D eigenvalue weighted by molar-refractivity contribution is 7.85. The van der Waals surface area contributed by atoms with Crippen LogP contribution in [-0.2, 0) is 0 Å². The molecule has 8 heteroatoms. The number of rotatable bonds is 8. The summed E-state index contributed by atoms with van der Waals surface area (Å²) in [4.78, 5) is 29.9. The van der Waals surface area contributed by atoms with Crippen LogP contribution in [0.2, 0.25) is 0 Å². The number of anilines is 1. The second-order valence-corrected chi connectivity index (χ2v) is 10.3. The molecule has 0 saturated carbocycles. The van der Waals surface area contributed by atoms with Crippen LogP contribution in [0.3, 0.4) is 0 Å². The number of carbonyl (C=O) groups is 2. The Hall–Kier alpha value is -2.97. The number of nitrogens with zero attached hydrogens (tertiary/aromatic N) is 1. The van der Waals surface area contributed by atoms with E-state index in [2.05, 4.69) is 47.7 Å². The Balaban J connectivity index is 1.95. The van der Waals surface area contributed by atoms with Crippen LogP contribution in [0.4, 0.5) is 5.69 Å². The summed E-state index contributed by atoms with van der Waals surface area (Å²) >= 11 is 8.47. The molecule has 2 N–H and O–H groups in total. The summed E-state index contributed by atoms with van der Waals surface area (Å²) in [7, 11) is 0. The molecular weight excluding hydrogens is 504 g/mol. The first-order valence-electron chi connectivity index (χ1n) is 12.4. The molecule has 4 rings (SSSR count). The lowest BCUT2D eigenvalue weighted by Gasteiger charge is -2.37. The Bertz CT molecular complexity index is 1350. The summed E-state index contributed by atoms with van der Waals surface area (Å²) in [5.74, 6) is -0.217. The summed E-state index contributed by atoms with van der Waals surface area (Å²) in [6.45, 7) is 9.48. The summed E-state index contributed by atoms with van der Waals surface area (Å²) in [5.41, 5.74) is 5.83. The number of aliphatic imine (C=N–C) groups is 1. The third-order valence-corrected chi connectivity index (χ3v) is 7.86. The number of carbonyl (C=O) groups excluding carboxylic acids is 1. The Morgan fingerprint density at radius 3 is 2.57 bits per heavy atom. The number of Topliss-reactive ketones (excluding diaryl/α,β-unsaturated/α-hetero) is 1. The number of benzene rings is 2. The Labute approximate surface area is 228 Å². The standard InChI is InChI=1S/C29H32N2O4S2/c1-5-30-22-12-24-20(9-15(22)3)27(21-10-16(4)23(31-6-2)13-25(21)35-24)18-8-7-17(11-19(18)29(33)34)28(32)26(37)14-36/h7-13,20,26-27,31,36-37H,5-6,14H2,1-4H3,(H,33,34). The van der Waals surface area contributed by atoms with Crippen LogP contribution in [0.1, 0.15) is 64.1 Å². The number of ketones is 1. The smallest absolute Gasteiger partial charge is 0.336 e. The summed E-state index contributed by atoms with van der Waals surface area (Å²) < 4.78 is 6.44. The van der Waals surface area contributed by atoms with Gasteiger partial charge in [0.1, 0.15) is 11.5 Å². The van der Waals surface area contributed by atoms with E-state index in [0.717, 1.165) is 40.4 Å². The van der Waals surface area contributed by atoms with Gasteiger partial charge in [-0.25, -0.2) is 4.79 Å². The number of nitrogens with one attached hydrogen (secondary N) is 1. The molecule has 0 radical (unpaired) electrons. The average Bonchev–Trinajstić information content (AvgIpc) is 2.88. The van der Waals surface area contributed by atoms with E-state index in [4.69, 9.17) is 4.74 Å². The molecule has 194 valence electrons. The lowest BCUT2D eigenvalue weighted by molar-refractivity contribution is 0.0695. The second-order valence-electron chi connectivity index (χ2n) is 9.27. The molecule has 3 atom stereocenters. The fraction of sp³-hybridized carbons (Fsp3) is 0.345. The van der Waals surface area contributed by atoms with Gasteiger partial charge in [-0.1, -0.05) is 18.2 Å². The van der Waals surface area contributed by atoms with Crippen molar-refractivity contribution in [2.75, 3.05) is 24.2 Å². The number of hydrogen-bond donors (Lipinski definition) is 4. The van der Waals surface area contributed by atoms with Gasteiger partial charge in [-0.05, 0) is 56.5 Å². The fourth-order valence-corrected chi connectivity index (χ4v) is 5.34. The molecule has 0 aromatic heterocycles. The van der Waals surface area contributed by atoms with E-state index in [9.17, 15) is 14.7 Å². The van der Waals surface area contributed by atoms with Crippen molar-refractivity contribution in [2.45, 2.75) is 38.9 Å². The number of allylic oxidation sites excluding steroid dienone is 3. The zero-order valence-electron chi connectivity index (χ0n) is 21.4. The number of fused-ring (bicyclic) bond motifs is 2. The van der Waals surface area contributed by atoms with Gasteiger partial charge in [-0.15, -0.1) is 0 Å². The number of carboxylic acid groups (broad SMARTS) is 1. The van der Waals surface area contributed by atoms with Crippen molar-refractivity contribution in [1.29, 1.82) is 0 Å². The van der Waals surface area contributed by atoms with Gasteiger partial charge in [-0.2, -0.15) is 25.3 Å². The quantitative estimate of drug-likeness (QED) is 0.246. The number of thiol groups is 2. The fourth-order valence-electron chi connectivity index (χ4n) is 5.03. The largest absolute Gasteiger partial charge is 0.478 e. The zero-order chi connectivity index (χ0) is 26.9. The molecule has 2 aromatic carbocycles. The topological polar surface area (TPSA) is 88.0 Å². The Morgan fingerprint density at radius 1 is 1.16 bits per heavy atom. The molecule has 3 unspecified atom stereocenters. The highest BCUT2D eigenvalue weighted by atomic mass is 32.1. The van der Waals surface area contributed by atoms with E-state index in [0.29, 0.717) is 23.4 Å². The van der Waals surface area contributed by atoms with E-state index in [1.165, 1.54) is 6.07 Å². The molecule has 0 saturated heterocycles. The number of hydrogen-bond acceptors (Lipinski definition) is 7. The molecule has 0 bridgehead atoms. The van der Waals surface area contributed by atoms with Crippen molar-refractivity contribution in [3.63, 3.8) is 0 Å². The van der Waals surface area contributed by atoms with Crippen LogP contribution >= 0.6 is 25.3 Å². The third-order valence-electron chi connectivity index (χ3n) is 6.79. The van der Waals surface area contributed by atoms with Gasteiger partial charge in [-0.3, -0.25) is 9.79 Å². The van der Waals surface area contributed by atoms with Gasteiger partial charge < -0.3 is 15.2 Å². The SMILES string of the molecule is CCN=C1C=C2Oc3cc(NCC)c(C)cc3C(c3ccc(C(=O)C(S)CS)cc3C(=O)O)C2C=C1C. The van der Waals surface area contributed by atoms with Crippen molar-refractivity contribution in [3.05, 3.63) is 81.6 Å². The number of ether oxygens (including phenoxy) is 1. The van der Waals surface area contributed by atoms with Crippen molar-refractivity contribution in [1.82, 2.24) is 0 Å². The first kappa shape index (κ1) is 27.1. The predicted octanol–water partition coefficient (Wildman–Crippen LogP) is 5.98. The average molecular weight is 537 g/mol. The van der Waals surface area contributed by atoms with Crippen LogP contribution < -0.4 is 10.1 Å². The maximum absolute atomic E-state index is 12.8. The van der Waals surface area contributed by atoms with Crippen molar-refractivity contribution >= 4 is 48.4 Å². The van der Waals surface area contributed by atoms with Crippen LogP contribution in [-0.4, -0.2) is 46.7 Å². The van der Waals surface area contributed by atoms with Gasteiger partial charge in [0, 0.05) is 59.6 Å². The molecule has 1 heterocycles. The molecule has 0 spiro atoms. The van der Waals surface area contributed by atoms with Crippen molar-refractivity contribution < 1.29 is 19.4 Å². The summed E-state index contributed by atoms with van der Waals surface area (Å²) in [6.07, 6.45) is 4.07. The van der Waals surface area contributed by atoms with Gasteiger partial charge in [0.25, 0.3) is 0 Å². The highest BCUT2D eigenvalue weighted by Gasteiger charge is 2.39. The molecule has 2 aromatic rings. The molecule has 0 fully saturated rings. The second kappa shape index (κ2) is 11.2. The third kappa shape index (κ3) is 5.22. The molecule has 1 aliphatic heterocycles. The van der Waals surface area contributed by atoms with Gasteiger partial charge in [0.2, 0.25) is 0 Å². The first-order valence-corrected chi connectivity index (χ1v) is 13.6. The molecule has 6 nitrogen and oxygen atoms in total. The number of aromatic carboxylic acids is 1. The Kier molecular flexibility index (Phi) is 8.19. The molecule has 2 aliphatic rings. The van der Waals surface area contributed by atoms with E-state index < -0.39 is 11.2 Å². The first-order chi connectivity index (χ1) is 17.7. The van der Waals surface area contributed by atoms with Crippen LogP contribution in [0.25, 0.3) is 0 Å². The number of carboxylic acids is 1.